The third-order valence-corrected chi connectivity index (χ3v) is 13.5. The van der Waals surface area contributed by atoms with Crippen LogP contribution in [0.3, 0.4) is 0 Å². The fourth-order valence-electron chi connectivity index (χ4n) is 8.45. The molecule has 0 fully saturated rings. The average molecular weight is 879 g/mol. The van der Waals surface area contributed by atoms with E-state index in [0.29, 0.717) is 29.9 Å². The van der Waals surface area contributed by atoms with Crippen LogP contribution < -0.4 is 25.2 Å². The van der Waals surface area contributed by atoms with Crippen LogP contribution in [0, 0.1) is 26.7 Å². The highest BCUT2D eigenvalue weighted by atomic mass is 32.2. The van der Waals surface area contributed by atoms with Crippen molar-refractivity contribution in [2.75, 3.05) is 26.9 Å². The molecule has 1 amide bonds. The van der Waals surface area contributed by atoms with Gasteiger partial charge in [-0.3, -0.25) is 14.6 Å². The lowest BCUT2D eigenvalue weighted by molar-refractivity contribution is -0.148. The Morgan fingerprint density at radius 2 is 1.62 bits per heavy atom. The second kappa shape index (κ2) is 19.9. The molecule has 0 saturated carbocycles. The predicted molar refractivity (Wildman–Crippen MR) is 242 cm³/mol. The number of hydrogen-bond donors (Lipinski definition) is 3. The van der Waals surface area contributed by atoms with Crippen LogP contribution in [0.1, 0.15) is 84.4 Å². The lowest BCUT2D eigenvalue weighted by Crippen LogP contribution is -2.46. The molecule has 0 unspecified atom stereocenters. The largest absolute Gasteiger partial charge is 0.490 e. The van der Waals surface area contributed by atoms with Crippen molar-refractivity contribution < 1.29 is 41.7 Å². The first-order valence-corrected chi connectivity index (χ1v) is 22.7. The number of guanidine groups is 1. The van der Waals surface area contributed by atoms with Crippen LogP contribution >= 0.6 is 0 Å². The van der Waals surface area contributed by atoms with Crippen molar-refractivity contribution in [3.63, 3.8) is 0 Å². The van der Waals surface area contributed by atoms with Gasteiger partial charge in [0.25, 0.3) is 10.0 Å². The second-order valence-corrected chi connectivity index (χ2v) is 18.4. The summed E-state index contributed by atoms with van der Waals surface area (Å²) in [6, 6.07) is 22.0. The van der Waals surface area contributed by atoms with Crippen LogP contribution in [0.25, 0.3) is 11.1 Å². The number of esters is 2. The number of methoxy groups -OCH3 is 1. The molecule has 6 rings (SSSR count). The van der Waals surface area contributed by atoms with Crippen LogP contribution in [0.2, 0.25) is 0 Å². The van der Waals surface area contributed by atoms with E-state index in [2.05, 4.69) is 21.6 Å². The minimum absolute atomic E-state index is 0.0353. The number of amides is 1. The predicted octanol–water partition coefficient (Wildman–Crippen LogP) is 6.92. The maximum Gasteiger partial charge on any atom is 0.328 e. The normalized spacial score (nSPS) is 15.1. The van der Waals surface area contributed by atoms with E-state index in [-0.39, 0.29) is 61.2 Å². The number of fused-ring (bicyclic) bond motifs is 4. The number of sulfonamides is 1. The number of hydrogen-bond acceptors (Lipinski definition) is 10. The maximum absolute atomic E-state index is 14.0. The molecule has 0 saturated heterocycles. The van der Waals surface area contributed by atoms with Gasteiger partial charge in [0.05, 0.1) is 18.4 Å². The first kappa shape index (κ1) is 46.4. The quantitative estimate of drug-likeness (QED) is 0.0312. The Kier molecular flexibility index (Phi) is 14.7. The van der Waals surface area contributed by atoms with Gasteiger partial charge in [0, 0.05) is 24.8 Å². The van der Waals surface area contributed by atoms with Crippen molar-refractivity contribution in [3.8, 4) is 22.6 Å². The van der Waals surface area contributed by atoms with Gasteiger partial charge in [-0.2, -0.15) is 0 Å². The third-order valence-electron chi connectivity index (χ3n) is 11.9. The van der Waals surface area contributed by atoms with Crippen molar-refractivity contribution in [3.05, 3.63) is 124 Å². The molecule has 4 aromatic rings. The molecule has 1 aliphatic carbocycles. The lowest BCUT2D eigenvalue weighted by Gasteiger charge is -2.35. The average Bonchev–Trinajstić information content (AvgIpc) is 3.57. The van der Waals surface area contributed by atoms with Crippen LogP contribution in [0.4, 0.5) is 0 Å². The Morgan fingerprint density at radius 3 is 2.25 bits per heavy atom. The number of benzene rings is 4. The van der Waals surface area contributed by atoms with E-state index in [1.807, 2.05) is 69.3 Å². The number of nitrogens with two attached hydrogens (primary N) is 1. The summed E-state index contributed by atoms with van der Waals surface area (Å²) in [4.78, 5) is 45.1. The first-order valence-electron chi connectivity index (χ1n) is 21.2. The minimum atomic E-state index is -4.14. The molecule has 1 aliphatic heterocycles. The van der Waals surface area contributed by atoms with Crippen LogP contribution in [0.15, 0.2) is 95.3 Å². The molecule has 14 heteroatoms. The highest BCUT2D eigenvalue weighted by Crippen LogP contribution is 2.45. The molecule has 0 radical (unpaired) electrons. The Labute approximate surface area is 370 Å². The fraction of sp³-hybridized carbons (Fsp3) is 0.388. The van der Waals surface area contributed by atoms with Gasteiger partial charge in [-0.1, -0.05) is 73.3 Å². The molecule has 13 nitrogen and oxygen atoms in total. The van der Waals surface area contributed by atoms with Crippen molar-refractivity contribution in [2.24, 2.45) is 16.6 Å². The van der Waals surface area contributed by atoms with Crippen LogP contribution in [-0.2, 0) is 46.7 Å². The van der Waals surface area contributed by atoms with E-state index in [0.717, 1.165) is 51.1 Å². The Hall–Kier alpha value is -6.15. The first-order chi connectivity index (χ1) is 30.0. The van der Waals surface area contributed by atoms with Gasteiger partial charge < -0.3 is 30.0 Å². The topological polar surface area (TPSA) is 185 Å². The monoisotopic (exact) mass is 878 g/mol. The minimum Gasteiger partial charge on any atom is -0.490 e. The summed E-state index contributed by atoms with van der Waals surface area (Å²) < 4.78 is 52.8. The molecule has 4 aromatic carbocycles. The number of carbonyl (C=O) groups excluding carboxylic acids is 3. The lowest BCUT2D eigenvalue weighted by atomic mass is 9.88. The van der Waals surface area contributed by atoms with E-state index in [9.17, 15) is 22.8 Å². The molecule has 4 N–H and O–H groups in total. The van der Waals surface area contributed by atoms with E-state index < -0.39 is 39.8 Å². The van der Waals surface area contributed by atoms with Gasteiger partial charge in [-0.25, -0.2) is 17.9 Å². The van der Waals surface area contributed by atoms with Crippen molar-refractivity contribution in [1.29, 1.82) is 0 Å². The third kappa shape index (κ3) is 10.9. The molecule has 2 atom stereocenters. The number of rotatable bonds is 18. The summed E-state index contributed by atoms with van der Waals surface area (Å²) in [7, 11) is -2.90. The summed E-state index contributed by atoms with van der Waals surface area (Å²) in [6.07, 6.45) is 3.26. The summed E-state index contributed by atoms with van der Waals surface area (Å²) >= 11 is 0. The zero-order valence-electron chi connectivity index (χ0n) is 36.9. The molecule has 2 aliphatic rings. The van der Waals surface area contributed by atoms with Crippen molar-refractivity contribution in [1.82, 2.24) is 10.0 Å². The van der Waals surface area contributed by atoms with E-state index in [1.165, 1.54) is 7.11 Å². The molecular weight excluding hydrogens is 821 g/mol. The number of ether oxygens (including phenoxy) is 4. The molecular formula is C49H58N4O9S. The summed E-state index contributed by atoms with van der Waals surface area (Å²) in [5.41, 5.74) is 13.6. The smallest absolute Gasteiger partial charge is 0.328 e. The summed E-state index contributed by atoms with van der Waals surface area (Å²) in [6.45, 7) is 13.5. The number of aliphatic imine (C=N–C) groups is 1. The SMILES string of the molecule is C=CCOc1ccc(C[C@H](NC(=O)[C@@H](CCCN=C(N)NS(=O)(=O)c2c(C)c(C)c3c(c2C)CCC(C)(C)O3)CC(=O)OCC2c3ccccc3-c3ccccc32)C(=O)OC)cc1. The van der Waals surface area contributed by atoms with E-state index in [1.54, 1.807) is 44.2 Å². The summed E-state index contributed by atoms with van der Waals surface area (Å²) in [5, 5.41) is 2.81. The van der Waals surface area contributed by atoms with E-state index in [4.69, 9.17) is 24.7 Å². The zero-order chi connectivity index (χ0) is 45.5. The standard InChI is InChI=1S/C49H58N4O9S/c1-8-26-60-35-21-19-33(20-22-35)27-42(47(56)59-7)52-46(55)34(28-43(54)61-29-41-39-17-11-9-15-37(39)38-16-10-12-18-40(38)41)14-13-25-51-48(50)53-63(57,58)45-31(3)30(2)44-36(32(45)4)23-24-49(5,6)62-44/h8-12,15-22,34,41-42H,1,13-14,23-29H2,2-7H3,(H,52,55)(H3,50,51,53)/t34-,42-/m0/s1. The number of nitrogens with zero attached hydrogens (tertiary/aromatic N) is 1. The van der Waals surface area contributed by atoms with Crippen molar-refractivity contribution in [2.45, 2.75) is 95.6 Å². The number of nitrogens with one attached hydrogen (secondary N) is 2. The van der Waals surface area contributed by atoms with Crippen molar-refractivity contribution >= 4 is 33.8 Å². The molecule has 1 heterocycles. The molecule has 0 spiro atoms. The molecule has 334 valence electrons. The van der Waals surface area contributed by atoms with E-state index >= 15 is 0 Å². The highest BCUT2D eigenvalue weighted by molar-refractivity contribution is 7.90. The Balaban J connectivity index is 1.15. The molecule has 63 heavy (non-hydrogen) atoms. The maximum atomic E-state index is 14.0. The van der Waals surface area contributed by atoms with Gasteiger partial charge in [-0.05, 0) is 123 Å². The fourth-order valence-corrected chi connectivity index (χ4v) is 9.97. The van der Waals surface area contributed by atoms with Crippen LogP contribution in [-0.4, -0.2) is 70.7 Å². The van der Waals surface area contributed by atoms with Gasteiger partial charge in [0.15, 0.2) is 0 Å². The van der Waals surface area contributed by atoms with Crippen LogP contribution in [0.5, 0.6) is 11.5 Å². The van der Waals surface area contributed by atoms with Gasteiger partial charge in [-0.15, -0.1) is 0 Å². The van der Waals surface area contributed by atoms with Gasteiger partial charge >= 0.3 is 11.9 Å². The van der Waals surface area contributed by atoms with Gasteiger partial charge in [0.1, 0.15) is 36.4 Å². The number of carbonyl (C=O) groups is 3. The van der Waals surface area contributed by atoms with Gasteiger partial charge in [0.2, 0.25) is 11.9 Å². The Morgan fingerprint density at radius 1 is 0.968 bits per heavy atom. The summed E-state index contributed by atoms with van der Waals surface area (Å²) in [5.74, 6) is -1.88. The molecule has 0 bridgehead atoms. The second-order valence-electron chi connectivity index (χ2n) is 16.7. The Bertz CT molecular complexity index is 2450. The zero-order valence-corrected chi connectivity index (χ0v) is 37.7. The molecule has 0 aromatic heterocycles. The highest BCUT2D eigenvalue weighted by Gasteiger charge is 2.35.